The van der Waals surface area contributed by atoms with Gasteiger partial charge in [0.15, 0.2) is 11.5 Å². The normalized spacial score (nSPS) is 11.2. The van der Waals surface area contributed by atoms with Gasteiger partial charge in [-0.1, -0.05) is 54.6 Å². The second kappa shape index (κ2) is 9.15. The quantitative estimate of drug-likeness (QED) is 0.265. The number of nitriles is 1. The summed E-state index contributed by atoms with van der Waals surface area (Å²) in [4.78, 5) is 0. The minimum Gasteiger partial charge on any atom is -0.493 e. The number of ether oxygens (including phenoxy) is 2. The Balaban J connectivity index is 1.58. The molecule has 4 heteroatoms. The van der Waals surface area contributed by atoms with Crippen molar-refractivity contribution in [3.05, 3.63) is 107 Å². The average molecular weight is 409 g/mol. The summed E-state index contributed by atoms with van der Waals surface area (Å²) in [5, 5.41) is 11.9. The Bertz CT molecular complexity index is 1290. The Kier molecular flexibility index (Phi) is 5.96. The molecule has 4 aromatic carbocycles. The number of hydrogen-bond donors (Lipinski definition) is 0. The Hall–Kier alpha value is -4.10. The molecule has 0 saturated heterocycles. The number of benzene rings is 4. The van der Waals surface area contributed by atoms with E-state index in [1.54, 1.807) is 19.2 Å². The first-order valence-electron chi connectivity index (χ1n) is 9.82. The third-order valence-electron chi connectivity index (χ3n) is 4.99. The summed E-state index contributed by atoms with van der Waals surface area (Å²) in [6.45, 7) is 0.298. The van der Waals surface area contributed by atoms with Crippen molar-refractivity contribution >= 4 is 22.4 Å². The van der Waals surface area contributed by atoms with Crippen molar-refractivity contribution in [2.45, 2.75) is 6.61 Å². The maximum Gasteiger partial charge on any atom is 0.161 e. The van der Waals surface area contributed by atoms with Crippen LogP contribution in [0.4, 0.5) is 4.39 Å². The van der Waals surface area contributed by atoms with Gasteiger partial charge in [-0.25, -0.2) is 4.39 Å². The number of methoxy groups -OCH3 is 1. The van der Waals surface area contributed by atoms with E-state index in [4.69, 9.17) is 9.47 Å². The molecule has 4 rings (SSSR count). The Morgan fingerprint density at radius 1 is 0.903 bits per heavy atom. The van der Waals surface area contributed by atoms with Crippen molar-refractivity contribution < 1.29 is 13.9 Å². The maximum absolute atomic E-state index is 13.1. The predicted octanol–water partition coefficient (Wildman–Crippen LogP) is 6.63. The fraction of sp³-hybridized carbons (Fsp3) is 0.0741. The first kappa shape index (κ1) is 20.2. The van der Waals surface area contributed by atoms with E-state index in [0.717, 1.165) is 27.5 Å². The van der Waals surface area contributed by atoms with Crippen LogP contribution < -0.4 is 9.47 Å². The fourth-order valence-corrected chi connectivity index (χ4v) is 3.34. The topological polar surface area (TPSA) is 42.2 Å². The molecule has 0 fully saturated rings. The standard InChI is InChI=1S/C27H20FNO2/c1-30-27-15-20(8-13-26(27)31-18-19-6-11-25(28)12-7-19)14-24(17-29)23-10-9-21-4-2-3-5-22(21)16-23/h2-16H,18H2,1H3. The number of rotatable bonds is 6. The van der Waals surface area contributed by atoms with Gasteiger partial charge in [0.05, 0.1) is 18.8 Å². The highest BCUT2D eigenvalue weighted by molar-refractivity contribution is 5.94. The molecule has 0 aromatic heterocycles. The van der Waals surface area contributed by atoms with Crippen LogP contribution in [0.15, 0.2) is 84.9 Å². The van der Waals surface area contributed by atoms with E-state index in [1.165, 1.54) is 12.1 Å². The molecular formula is C27H20FNO2. The van der Waals surface area contributed by atoms with E-state index in [-0.39, 0.29) is 5.82 Å². The molecule has 0 bridgehead atoms. The predicted molar refractivity (Wildman–Crippen MR) is 121 cm³/mol. The number of fused-ring (bicyclic) bond motifs is 1. The summed E-state index contributed by atoms with van der Waals surface area (Å²) in [6.07, 6.45) is 1.83. The summed E-state index contributed by atoms with van der Waals surface area (Å²) >= 11 is 0. The molecule has 4 aromatic rings. The molecule has 0 saturated carbocycles. The zero-order valence-electron chi connectivity index (χ0n) is 17.0. The summed E-state index contributed by atoms with van der Waals surface area (Å²) in [6, 6.07) is 28.0. The van der Waals surface area contributed by atoms with Crippen molar-refractivity contribution in [2.24, 2.45) is 0 Å². The molecule has 0 N–H and O–H groups in total. The molecule has 0 unspecified atom stereocenters. The molecule has 0 aliphatic carbocycles. The Morgan fingerprint density at radius 3 is 2.42 bits per heavy atom. The lowest BCUT2D eigenvalue weighted by atomic mass is 10.00. The van der Waals surface area contributed by atoms with Crippen LogP contribution in [0.2, 0.25) is 0 Å². The van der Waals surface area contributed by atoms with Crippen molar-refractivity contribution in [1.82, 2.24) is 0 Å². The molecule has 3 nitrogen and oxygen atoms in total. The first-order valence-corrected chi connectivity index (χ1v) is 9.82. The summed E-state index contributed by atoms with van der Waals surface area (Å²) < 4.78 is 24.4. The zero-order chi connectivity index (χ0) is 21.6. The Labute approximate surface area is 180 Å². The number of allylic oxidation sites excluding steroid dienone is 1. The second-order valence-electron chi connectivity index (χ2n) is 7.06. The van der Waals surface area contributed by atoms with Crippen LogP contribution >= 0.6 is 0 Å². The summed E-state index contributed by atoms with van der Waals surface area (Å²) in [5.41, 5.74) is 3.11. The average Bonchev–Trinajstić information content (AvgIpc) is 2.82. The minimum atomic E-state index is -0.280. The monoisotopic (exact) mass is 409 g/mol. The van der Waals surface area contributed by atoms with E-state index in [2.05, 4.69) is 6.07 Å². The molecular weight excluding hydrogens is 389 g/mol. The van der Waals surface area contributed by atoms with Gasteiger partial charge >= 0.3 is 0 Å². The van der Waals surface area contributed by atoms with Crippen LogP contribution in [-0.2, 0) is 6.61 Å². The van der Waals surface area contributed by atoms with Gasteiger partial charge in [-0.3, -0.25) is 0 Å². The van der Waals surface area contributed by atoms with Crippen LogP contribution in [0.1, 0.15) is 16.7 Å². The van der Waals surface area contributed by atoms with Crippen LogP contribution in [0.5, 0.6) is 11.5 Å². The van der Waals surface area contributed by atoms with E-state index >= 15 is 0 Å². The Morgan fingerprint density at radius 2 is 1.68 bits per heavy atom. The second-order valence-corrected chi connectivity index (χ2v) is 7.06. The summed E-state index contributed by atoms with van der Waals surface area (Å²) in [7, 11) is 1.57. The lowest BCUT2D eigenvalue weighted by molar-refractivity contribution is 0.284. The van der Waals surface area contributed by atoms with Gasteiger partial charge in [-0.05, 0) is 63.9 Å². The SMILES string of the molecule is COc1cc(C=C(C#N)c2ccc3ccccc3c2)ccc1OCc1ccc(F)cc1. The third-order valence-corrected chi connectivity index (χ3v) is 4.99. The van der Waals surface area contributed by atoms with Gasteiger partial charge in [-0.15, -0.1) is 0 Å². The van der Waals surface area contributed by atoms with E-state index in [9.17, 15) is 9.65 Å². The molecule has 31 heavy (non-hydrogen) atoms. The molecule has 0 amide bonds. The third kappa shape index (κ3) is 4.73. The molecule has 0 radical (unpaired) electrons. The molecule has 0 aliphatic rings. The van der Waals surface area contributed by atoms with Gasteiger partial charge < -0.3 is 9.47 Å². The molecule has 0 heterocycles. The van der Waals surface area contributed by atoms with Gasteiger partial charge in [-0.2, -0.15) is 5.26 Å². The number of hydrogen-bond acceptors (Lipinski definition) is 3. The van der Waals surface area contributed by atoms with E-state index < -0.39 is 0 Å². The largest absolute Gasteiger partial charge is 0.493 e. The lowest BCUT2D eigenvalue weighted by Gasteiger charge is -2.12. The summed E-state index contributed by atoms with van der Waals surface area (Å²) in [5.74, 6) is 0.858. The number of nitrogens with zero attached hydrogens (tertiary/aromatic N) is 1. The molecule has 152 valence electrons. The maximum atomic E-state index is 13.1. The highest BCUT2D eigenvalue weighted by atomic mass is 19.1. The lowest BCUT2D eigenvalue weighted by Crippen LogP contribution is -1.98. The fourth-order valence-electron chi connectivity index (χ4n) is 3.34. The van der Waals surface area contributed by atoms with Crippen LogP contribution in [0.25, 0.3) is 22.4 Å². The van der Waals surface area contributed by atoms with Gasteiger partial charge in [0.2, 0.25) is 0 Å². The zero-order valence-corrected chi connectivity index (χ0v) is 17.0. The van der Waals surface area contributed by atoms with Crippen LogP contribution in [0.3, 0.4) is 0 Å². The minimum absolute atomic E-state index is 0.280. The van der Waals surface area contributed by atoms with Crippen molar-refractivity contribution in [2.75, 3.05) is 7.11 Å². The molecule has 0 atom stereocenters. The van der Waals surface area contributed by atoms with Crippen molar-refractivity contribution in [3.63, 3.8) is 0 Å². The van der Waals surface area contributed by atoms with Crippen molar-refractivity contribution in [3.8, 4) is 17.6 Å². The van der Waals surface area contributed by atoms with Gasteiger partial charge in [0.25, 0.3) is 0 Å². The van der Waals surface area contributed by atoms with Gasteiger partial charge in [0.1, 0.15) is 12.4 Å². The van der Waals surface area contributed by atoms with Gasteiger partial charge in [0, 0.05) is 0 Å². The molecule has 0 spiro atoms. The van der Waals surface area contributed by atoms with E-state index in [0.29, 0.717) is 23.7 Å². The van der Waals surface area contributed by atoms with Crippen LogP contribution in [-0.4, -0.2) is 7.11 Å². The number of halogens is 1. The van der Waals surface area contributed by atoms with Crippen LogP contribution in [0, 0.1) is 17.1 Å². The molecule has 0 aliphatic heterocycles. The van der Waals surface area contributed by atoms with E-state index in [1.807, 2.05) is 66.7 Å². The first-order chi connectivity index (χ1) is 15.2. The highest BCUT2D eigenvalue weighted by Crippen LogP contribution is 2.31. The highest BCUT2D eigenvalue weighted by Gasteiger charge is 2.08. The van der Waals surface area contributed by atoms with Crippen molar-refractivity contribution in [1.29, 1.82) is 5.26 Å². The smallest absolute Gasteiger partial charge is 0.161 e.